The highest BCUT2D eigenvalue weighted by molar-refractivity contribution is 6.20. The SMILES string of the molecule is CCCC(CC)n1c(C(C)Cl)nc2cc(C)ccc21. The Bertz CT molecular complexity index is 557. The maximum Gasteiger partial charge on any atom is 0.127 e. The molecule has 0 aliphatic carbocycles. The van der Waals surface area contributed by atoms with E-state index in [2.05, 4.69) is 43.5 Å². The van der Waals surface area contributed by atoms with Gasteiger partial charge in [-0.05, 0) is 44.4 Å². The van der Waals surface area contributed by atoms with Gasteiger partial charge >= 0.3 is 0 Å². The number of imidazole rings is 1. The molecule has 2 nitrogen and oxygen atoms in total. The molecule has 0 amide bonds. The van der Waals surface area contributed by atoms with E-state index in [-0.39, 0.29) is 5.38 Å². The minimum atomic E-state index is -0.0568. The number of halogens is 1. The molecule has 0 aliphatic heterocycles. The summed E-state index contributed by atoms with van der Waals surface area (Å²) in [5.74, 6) is 1.00. The quantitative estimate of drug-likeness (QED) is 0.670. The van der Waals surface area contributed by atoms with Crippen LogP contribution in [0.3, 0.4) is 0 Å². The highest BCUT2D eigenvalue weighted by Crippen LogP contribution is 2.31. The normalized spacial score (nSPS) is 14.8. The fraction of sp³-hybridized carbons (Fsp3) is 0.562. The van der Waals surface area contributed by atoms with E-state index in [1.807, 2.05) is 6.92 Å². The molecule has 2 unspecified atom stereocenters. The molecule has 2 aromatic rings. The summed E-state index contributed by atoms with van der Waals surface area (Å²) in [6.45, 7) is 8.58. The van der Waals surface area contributed by atoms with Crippen LogP contribution in [-0.4, -0.2) is 9.55 Å². The molecule has 104 valence electrons. The van der Waals surface area contributed by atoms with Gasteiger partial charge in [0.05, 0.1) is 16.4 Å². The highest BCUT2D eigenvalue weighted by Gasteiger charge is 2.20. The monoisotopic (exact) mass is 278 g/mol. The molecule has 0 aliphatic rings. The van der Waals surface area contributed by atoms with Crippen molar-refractivity contribution in [3.05, 3.63) is 29.6 Å². The predicted octanol–water partition coefficient (Wildman–Crippen LogP) is 5.40. The Hall–Kier alpha value is -1.02. The zero-order valence-electron chi connectivity index (χ0n) is 12.3. The first-order valence-corrected chi connectivity index (χ1v) is 7.64. The molecule has 3 heteroatoms. The lowest BCUT2D eigenvalue weighted by molar-refractivity contribution is 0.444. The van der Waals surface area contributed by atoms with E-state index >= 15 is 0 Å². The number of aromatic nitrogens is 2. The maximum atomic E-state index is 6.34. The van der Waals surface area contributed by atoms with Gasteiger partial charge in [-0.2, -0.15) is 0 Å². The average Bonchev–Trinajstić information content (AvgIpc) is 2.74. The minimum Gasteiger partial charge on any atom is -0.324 e. The van der Waals surface area contributed by atoms with Crippen LogP contribution in [0.2, 0.25) is 0 Å². The second-order valence-corrected chi connectivity index (χ2v) is 5.95. The fourth-order valence-corrected chi connectivity index (χ4v) is 2.89. The lowest BCUT2D eigenvalue weighted by Gasteiger charge is -2.20. The van der Waals surface area contributed by atoms with Crippen LogP contribution in [0.4, 0.5) is 0 Å². The van der Waals surface area contributed by atoms with Gasteiger partial charge in [0.25, 0.3) is 0 Å². The number of hydrogen-bond donors (Lipinski definition) is 0. The zero-order chi connectivity index (χ0) is 14.0. The molecule has 2 rings (SSSR count). The fourth-order valence-electron chi connectivity index (χ4n) is 2.74. The van der Waals surface area contributed by atoms with Crippen molar-refractivity contribution in [1.82, 2.24) is 9.55 Å². The average molecular weight is 279 g/mol. The third kappa shape index (κ3) is 2.79. The van der Waals surface area contributed by atoms with Crippen molar-refractivity contribution in [2.24, 2.45) is 0 Å². The molecule has 0 radical (unpaired) electrons. The van der Waals surface area contributed by atoms with Crippen molar-refractivity contribution in [3.8, 4) is 0 Å². The molecule has 0 saturated carbocycles. The Morgan fingerprint density at radius 2 is 2.05 bits per heavy atom. The molecule has 1 aromatic heterocycles. The summed E-state index contributed by atoms with van der Waals surface area (Å²) in [5, 5.41) is -0.0568. The highest BCUT2D eigenvalue weighted by atomic mass is 35.5. The second-order valence-electron chi connectivity index (χ2n) is 5.30. The Kier molecular flexibility index (Phi) is 4.51. The third-order valence-corrected chi connectivity index (χ3v) is 3.88. The summed E-state index contributed by atoms with van der Waals surface area (Å²) < 4.78 is 2.36. The van der Waals surface area contributed by atoms with Gasteiger partial charge < -0.3 is 4.57 Å². The Morgan fingerprint density at radius 3 is 2.63 bits per heavy atom. The van der Waals surface area contributed by atoms with Gasteiger partial charge in [-0.1, -0.05) is 26.3 Å². The number of aryl methyl sites for hydroxylation is 1. The van der Waals surface area contributed by atoms with E-state index in [1.54, 1.807) is 0 Å². The molecule has 2 atom stereocenters. The standard InChI is InChI=1S/C16H23ClN2/c1-5-7-13(6-2)19-15-9-8-11(3)10-14(15)18-16(19)12(4)17/h8-10,12-13H,5-7H2,1-4H3. The molecular formula is C16H23ClN2. The molecule has 1 heterocycles. The topological polar surface area (TPSA) is 17.8 Å². The van der Waals surface area contributed by atoms with Crippen molar-refractivity contribution in [1.29, 1.82) is 0 Å². The zero-order valence-corrected chi connectivity index (χ0v) is 13.0. The lowest BCUT2D eigenvalue weighted by Crippen LogP contribution is -2.12. The van der Waals surface area contributed by atoms with Crippen molar-refractivity contribution in [3.63, 3.8) is 0 Å². The summed E-state index contributed by atoms with van der Waals surface area (Å²) in [6, 6.07) is 6.97. The number of fused-ring (bicyclic) bond motifs is 1. The summed E-state index contributed by atoms with van der Waals surface area (Å²) in [5.41, 5.74) is 3.53. The van der Waals surface area contributed by atoms with Crippen LogP contribution < -0.4 is 0 Å². The van der Waals surface area contributed by atoms with Crippen molar-refractivity contribution < 1.29 is 0 Å². The third-order valence-electron chi connectivity index (χ3n) is 3.69. The number of benzene rings is 1. The molecule has 1 aromatic carbocycles. The van der Waals surface area contributed by atoms with Gasteiger partial charge in [0, 0.05) is 6.04 Å². The van der Waals surface area contributed by atoms with E-state index in [0.29, 0.717) is 6.04 Å². The number of rotatable bonds is 5. The van der Waals surface area contributed by atoms with Gasteiger partial charge in [0.2, 0.25) is 0 Å². The first-order chi connectivity index (χ1) is 9.08. The molecule has 0 bridgehead atoms. The van der Waals surface area contributed by atoms with Crippen LogP contribution in [0.15, 0.2) is 18.2 Å². The summed E-state index contributed by atoms with van der Waals surface area (Å²) in [6.07, 6.45) is 3.47. The van der Waals surface area contributed by atoms with Gasteiger partial charge in [0.15, 0.2) is 0 Å². The van der Waals surface area contributed by atoms with Crippen molar-refractivity contribution >= 4 is 22.6 Å². The smallest absolute Gasteiger partial charge is 0.127 e. The Morgan fingerprint density at radius 1 is 1.32 bits per heavy atom. The first-order valence-electron chi connectivity index (χ1n) is 7.21. The van der Waals surface area contributed by atoms with E-state index < -0.39 is 0 Å². The molecule has 0 spiro atoms. The summed E-state index contributed by atoms with van der Waals surface area (Å²) >= 11 is 6.34. The largest absolute Gasteiger partial charge is 0.324 e. The van der Waals surface area contributed by atoms with Crippen molar-refractivity contribution in [2.45, 2.75) is 58.4 Å². The van der Waals surface area contributed by atoms with Gasteiger partial charge in [-0.25, -0.2) is 4.98 Å². The van der Waals surface area contributed by atoms with Crippen LogP contribution in [0, 0.1) is 6.92 Å². The van der Waals surface area contributed by atoms with Crippen LogP contribution in [0.5, 0.6) is 0 Å². The Balaban J connectivity index is 2.63. The van der Waals surface area contributed by atoms with Gasteiger partial charge in [-0.15, -0.1) is 11.6 Å². The molecule has 0 fully saturated rings. The van der Waals surface area contributed by atoms with Gasteiger partial charge in [-0.3, -0.25) is 0 Å². The maximum absolute atomic E-state index is 6.34. The molecule has 19 heavy (non-hydrogen) atoms. The Labute approximate surface area is 120 Å². The summed E-state index contributed by atoms with van der Waals surface area (Å²) in [4.78, 5) is 4.76. The first kappa shape index (κ1) is 14.4. The van der Waals surface area contributed by atoms with E-state index in [0.717, 1.165) is 17.8 Å². The number of alkyl halides is 1. The van der Waals surface area contributed by atoms with E-state index in [1.165, 1.54) is 23.9 Å². The molecule has 0 N–H and O–H groups in total. The second kappa shape index (κ2) is 5.96. The predicted molar refractivity (Wildman–Crippen MR) is 83.0 cm³/mol. The summed E-state index contributed by atoms with van der Waals surface area (Å²) in [7, 11) is 0. The van der Waals surface area contributed by atoms with Crippen LogP contribution in [-0.2, 0) is 0 Å². The number of nitrogens with zero attached hydrogens (tertiary/aromatic N) is 2. The molecular weight excluding hydrogens is 256 g/mol. The van der Waals surface area contributed by atoms with Crippen LogP contribution in [0.1, 0.15) is 62.8 Å². The lowest BCUT2D eigenvalue weighted by atomic mass is 10.1. The number of hydrogen-bond acceptors (Lipinski definition) is 1. The van der Waals surface area contributed by atoms with E-state index in [4.69, 9.17) is 16.6 Å². The van der Waals surface area contributed by atoms with E-state index in [9.17, 15) is 0 Å². The van der Waals surface area contributed by atoms with Crippen LogP contribution >= 0.6 is 11.6 Å². The van der Waals surface area contributed by atoms with Crippen LogP contribution in [0.25, 0.3) is 11.0 Å². The molecule has 0 saturated heterocycles. The minimum absolute atomic E-state index is 0.0568. The van der Waals surface area contributed by atoms with Crippen molar-refractivity contribution in [2.75, 3.05) is 0 Å². The van der Waals surface area contributed by atoms with Gasteiger partial charge in [0.1, 0.15) is 5.82 Å².